The first-order valence-electron chi connectivity index (χ1n) is 9.47. The predicted molar refractivity (Wildman–Crippen MR) is 105 cm³/mol. The third-order valence-corrected chi connectivity index (χ3v) is 4.59. The van der Waals surface area contributed by atoms with Crippen LogP contribution in [-0.2, 0) is 13.1 Å². The summed E-state index contributed by atoms with van der Waals surface area (Å²) >= 11 is 0. The molecule has 0 amide bonds. The minimum Gasteiger partial charge on any atom is -0.357 e. The lowest BCUT2D eigenvalue weighted by molar-refractivity contribution is 0.570. The molecule has 0 unspecified atom stereocenters. The molecule has 1 fully saturated rings. The molecule has 140 valence electrons. The second-order valence-electron chi connectivity index (χ2n) is 6.55. The van der Waals surface area contributed by atoms with Gasteiger partial charge in [0.1, 0.15) is 5.82 Å². The van der Waals surface area contributed by atoms with Gasteiger partial charge < -0.3 is 15.5 Å². The van der Waals surface area contributed by atoms with Crippen molar-refractivity contribution in [1.29, 1.82) is 0 Å². The van der Waals surface area contributed by atoms with E-state index in [0.717, 1.165) is 50.9 Å². The van der Waals surface area contributed by atoms with E-state index in [-0.39, 0.29) is 0 Å². The van der Waals surface area contributed by atoms with E-state index in [0.29, 0.717) is 0 Å². The summed E-state index contributed by atoms with van der Waals surface area (Å²) in [5.41, 5.74) is 1.22. The molecule has 1 aliphatic heterocycles. The van der Waals surface area contributed by atoms with Crippen molar-refractivity contribution in [3.8, 4) is 0 Å². The van der Waals surface area contributed by atoms with E-state index in [1.165, 1.54) is 24.8 Å². The molecule has 0 spiro atoms. The maximum atomic E-state index is 4.54. The summed E-state index contributed by atoms with van der Waals surface area (Å²) in [5.74, 6) is 1.91. The Balaban J connectivity index is 1.43. The van der Waals surface area contributed by atoms with Crippen molar-refractivity contribution in [3.05, 3.63) is 42.4 Å². The van der Waals surface area contributed by atoms with Gasteiger partial charge in [-0.3, -0.25) is 9.67 Å². The van der Waals surface area contributed by atoms with E-state index in [1.54, 1.807) is 13.2 Å². The van der Waals surface area contributed by atoms with E-state index < -0.39 is 0 Å². The largest absolute Gasteiger partial charge is 0.357 e. The summed E-state index contributed by atoms with van der Waals surface area (Å²) in [4.78, 5) is 11.2. The fraction of sp³-hybridized carbons (Fsp3) is 0.526. The van der Waals surface area contributed by atoms with Crippen LogP contribution in [0, 0.1) is 0 Å². The van der Waals surface area contributed by atoms with E-state index in [2.05, 4.69) is 42.7 Å². The molecular formula is C19H29N7. The monoisotopic (exact) mass is 355 g/mol. The fourth-order valence-corrected chi connectivity index (χ4v) is 3.15. The SMILES string of the molecule is CN=C(NCCCn1cccn1)NCc1ccnc(N2CCCCC2)c1. The fourth-order valence-electron chi connectivity index (χ4n) is 3.15. The number of rotatable bonds is 7. The number of nitrogens with one attached hydrogen (secondary N) is 2. The summed E-state index contributed by atoms with van der Waals surface area (Å²) < 4.78 is 1.94. The van der Waals surface area contributed by atoms with E-state index in [9.17, 15) is 0 Å². The molecule has 26 heavy (non-hydrogen) atoms. The second kappa shape index (κ2) is 9.79. The number of hydrogen-bond acceptors (Lipinski definition) is 4. The number of nitrogens with zero attached hydrogens (tertiary/aromatic N) is 5. The molecule has 0 aromatic carbocycles. The Labute approximate surface area is 155 Å². The number of aryl methyl sites for hydroxylation is 1. The van der Waals surface area contributed by atoms with Gasteiger partial charge in [-0.25, -0.2) is 4.98 Å². The van der Waals surface area contributed by atoms with Gasteiger partial charge in [0.25, 0.3) is 0 Å². The minimum absolute atomic E-state index is 0.738. The lowest BCUT2D eigenvalue weighted by Crippen LogP contribution is -2.37. The van der Waals surface area contributed by atoms with Crippen LogP contribution in [0.4, 0.5) is 5.82 Å². The van der Waals surface area contributed by atoms with Gasteiger partial charge in [0, 0.05) is 58.4 Å². The third-order valence-electron chi connectivity index (χ3n) is 4.59. The van der Waals surface area contributed by atoms with E-state index in [4.69, 9.17) is 0 Å². The van der Waals surface area contributed by atoms with Crippen LogP contribution in [0.5, 0.6) is 0 Å². The van der Waals surface area contributed by atoms with Crippen molar-refractivity contribution in [1.82, 2.24) is 25.4 Å². The summed E-state index contributed by atoms with van der Waals surface area (Å²) in [7, 11) is 1.80. The number of pyridine rings is 1. The number of aromatic nitrogens is 3. The molecular weight excluding hydrogens is 326 g/mol. The Bertz CT molecular complexity index is 675. The maximum absolute atomic E-state index is 4.54. The second-order valence-corrected chi connectivity index (χ2v) is 6.55. The Morgan fingerprint density at radius 3 is 2.85 bits per heavy atom. The molecule has 0 radical (unpaired) electrons. The number of aliphatic imine (C=N–C) groups is 1. The van der Waals surface area contributed by atoms with Crippen molar-refractivity contribution in [3.63, 3.8) is 0 Å². The van der Waals surface area contributed by atoms with Crippen molar-refractivity contribution in [2.24, 2.45) is 4.99 Å². The number of hydrogen-bond donors (Lipinski definition) is 2. The zero-order chi connectivity index (χ0) is 18.0. The predicted octanol–water partition coefficient (Wildman–Crippen LogP) is 2.02. The molecule has 0 atom stereocenters. The van der Waals surface area contributed by atoms with Crippen LogP contribution in [0.25, 0.3) is 0 Å². The lowest BCUT2D eigenvalue weighted by Gasteiger charge is -2.28. The van der Waals surface area contributed by atoms with Crippen LogP contribution < -0.4 is 15.5 Å². The average Bonchev–Trinajstić information content (AvgIpc) is 3.22. The van der Waals surface area contributed by atoms with Crippen molar-refractivity contribution in [2.75, 3.05) is 31.6 Å². The molecule has 7 nitrogen and oxygen atoms in total. The molecule has 0 bridgehead atoms. The molecule has 2 N–H and O–H groups in total. The standard InChI is InChI=1S/C19H29N7/c1-20-19(22-8-5-13-26-14-6-9-24-26)23-16-17-7-10-21-18(15-17)25-11-3-2-4-12-25/h6-7,9-10,14-15H,2-5,8,11-13,16H2,1H3,(H2,20,22,23). The Morgan fingerprint density at radius 2 is 2.08 bits per heavy atom. The van der Waals surface area contributed by atoms with Crippen LogP contribution in [0.15, 0.2) is 41.8 Å². The first-order valence-corrected chi connectivity index (χ1v) is 9.47. The van der Waals surface area contributed by atoms with Crippen LogP contribution in [0.2, 0.25) is 0 Å². The Morgan fingerprint density at radius 1 is 1.19 bits per heavy atom. The van der Waals surface area contributed by atoms with Crippen LogP contribution in [0.1, 0.15) is 31.2 Å². The molecule has 1 saturated heterocycles. The molecule has 7 heteroatoms. The summed E-state index contributed by atoms with van der Waals surface area (Å²) in [6.07, 6.45) is 10.5. The van der Waals surface area contributed by atoms with E-state index in [1.807, 2.05) is 23.1 Å². The summed E-state index contributed by atoms with van der Waals surface area (Å²) in [6.45, 7) is 4.73. The molecule has 2 aromatic rings. The zero-order valence-electron chi connectivity index (χ0n) is 15.6. The van der Waals surface area contributed by atoms with Gasteiger partial charge in [0.05, 0.1) is 0 Å². The summed E-state index contributed by atoms with van der Waals surface area (Å²) in [6, 6.07) is 6.19. The molecule has 0 aliphatic carbocycles. The minimum atomic E-state index is 0.738. The summed E-state index contributed by atoms with van der Waals surface area (Å²) in [5, 5.41) is 10.9. The third kappa shape index (κ3) is 5.47. The number of guanidine groups is 1. The van der Waals surface area contributed by atoms with Crippen molar-refractivity contribution < 1.29 is 0 Å². The quantitative estimate of drug-likeness (QED) is 0.452. The highest BCUT2D eigenvalue weighted by Crippen LogP contribution is 2.18. The highest BCUT2D eigenvalue weighted by Gasteiger charge is 2.12. The first-order chi connectivity index (χ1) is 12.8. The molecule has 3 rings (SSSR count). The van der Waals surface area contributed by atoms with E-state index >= 15 is 0 Å². The molecule has 0 saturated carbocycles. The highest BCUT2D eigenvalue weighted by atomic mass is 15.3. The number of piperidine rings is 1. The maximum Gasteiger partial charge on any atom is 0.191 e. The van der Waals surface area contributed by atoms with Crippen LogP contribution >= 0.6 is 0 Å². The molecule has 1 aliphatic rings. The smallest absolute Gasteiger partial charge is 0.191 e. The van der Waals surface area contributed by atoms with Gasteiger partial charge in [-0.2, -0.15) is 5.10 Å². The van der Waals surface area contributed by atoms with Crippen molar-refractivity contribution in [2.45, 2.75) is 38.8 Å². The highest BCUT2D eigenvalue weighted by molar-refractivity contribution is 5.79. The van der Waals surface area contributed by atoms with Gasteiger partial charge in [-0.1, -0.05) is 0 Å². The van der Waals surface area contributed by atoms with Gasteiger partial charge >= 0.3 is 0 Å². The number of anilines is 1. The Hall–Kier alpha value is -2.57. The normalized spacial score (nSPS) is 15.1. The van der Waals surface area contributed by atoms with Gasteiger partial charge in [-0.15, -0.1) is 0 Å². The molecule has 2 aromatic heterocycles. The topological polar surface area (TPSA) is 70.4 Å². The van der Waals surface area contributed by atoms with Crippen molar-refractivity contribution >= 4 is 11.8 Å². The van der Waals surface area contributed by atoms with Gasteiger partial charge in [0.15, 0.2) is 5.96 Å². The van der Waals surface area contributed by atoms with Gasteiger partial charge in [-0.05, 0) is 49.4 Å². The molecule has 3 heterocycles. The van der Waals surface area contributed by atoms with Crippen LogP contribution in [0.3, 0.4) is 0 Å². The first kappa shape index (κ1) is 18.2. The average molecular weight is 355 g/mol. The van der Waals surface area contributed by atoms with Crippen LogP contribution in [-0.4, -0.2) is 47.4 Å². The Kier molecular flexibility index (Phi) is 6.87. The van der Waals surface area contributed by atoms with Gasteiger partial charge in [0.2, 0.25) is 0 Å². The zero-order valence-corrected chi connectivity index (χ0v) is 15.6. The lowest BCUT2D eigenvalue weighted by atomic mass is 10.1.